The van der Waals surface area contributed by atoms with Crippen molar-refractivity contribution in [2.45, 2.75) is 38.3 Å². The number of carbonyl (C=O) groups excluding carboxylic acids is 1. The van der Waals surface area contributed by atoms with Crippen molar-refractivity contribution in [2.24, 2.45) is 0 Å². The third-order valence-corrected chi connectivity index (χ3v) is 8.37. The van der Waals surface area contributed by atoms with E-state index in [4.69, 9.17) is 9.47 Å². The van der Waals surface area contributed by atoms with Gasteiger partial charge in [0, 0.05) is 18.3 Å². The van der Waals surface area contributed by atoms with Gasteiger partial charge in [0.15, 0.2) is 21.3 Å². The van der Waals surface area contributed by atoms with Crippen molar-refractivity contribution < 1.29 is 22.7 Å². The molecule has 0 aliphatic carbocycles. The van der Waals surface area contributed by atoms with E-state index in [-0.39, 0.29) is 36.0 Å². The Morgan fingerprint density at radius 1 is 0.970 bits per heavy atom. The molecule has 178 valence electrons. The minimum atomic E-state index is -3.22. The van der Waals surface area contributed by atoms with Gasteiger partial charge in [0.05, 0.1) is 38.3 Å². The number of rotatable bonds is 7. The van der Waals surface area contributed by atoms with Gasteiger partial charge in [-0.2, -0.15) is 0 Å². The SMILES string of the molecule is COc1ccc(CCN2CC(=O)N(c3ccc(C(C)C)cc3)[C@@H]3CS(=O)(=O)C[C@@H]32)cc1OC. The molecule has 2 aromatic rings. The van der Waals surface area contributed by atoms with Gasteiger partial charge >= 0.3 is 0 Å². The van der Waals surface area contributed by atoms with E-state index in [9.17, 15) is 13.2 Å². The monoisotopic (exact) mass is 472 g/mol. The molecular formula is C25H32N2O5S. The van der Waals surface area contributed by atoms with Gasteiger partial charge in [-0.15, -0.1) is 0 Å². The molecule has 0 radical (unpaired) electrons. The third kappa shape index (κ3) is 4.87. The van der Waals surface area contributed by atoms with Crippen LogP contribution in [0.2, 0.25) is 0 Å². The molecule has 8 heteroatoms. The van der Waals surface area contributed by atoms with Gasteiger partial charge < -0.3 is 14.4 Å². The normalized spacial score (nSPS) is 22.5. The molecule has 2 aliphatic heterocycles. The maximum absolute atomic E-state index is 13.2. The standard InChI is InChI=1S/C25H32N2O5S/c1-17(2)19-6-8-20(9-7-19)27-22-16-33(29,30)15-21(22)26(14-25(27)28)12-11-18-5-10-23(31-3)24(13-18)32-4/h5-10,13,17,21-22H,11-12,14-16H2,1-4H3/t21-,22+/m0/s1. The Labute approximate surface area is 196 Å². The number of anilines is 1. The highest BCUT2D eigenvalue weighted by Crippen LogP contribution is 2.33. The molecule has 0 aromatic heterocycles. The van der Waals surface area contributed by atoms with Gasteiger partial charge in [0.1, 0.15) is 0 Å². The minimum absolute atomic E-state index is 0.00218. The topological polar surface area (TPSA) is 76.2 Å². The first-order valence-electron chi connectivity index (χ1n) is 11.3. The van der Waals surface area contributed by atoms with Gasteiger partial charge in [-0.1, -0.05) is 32.0 Å². The van der Waals surface area contributed by atoms with Crippen LogP contribution in [0.15, 0.2) is 42.5 Å². The summed E-state index contributed by atoms with van der Waals surface area (Å²) in [5, 5.41) is 0. The molecule has 0 saturated carbocycles. The van der Waals surface area contributed by atoms with Gasteiger partial charge in [-0.3, -0.25) is 9.69 Å². The summed E-state index contributed by atoms with van der Waals surface area (Å²) in [7, 11) is -0.0271. The van der Waals surface area contributed by atoms with Gasteiger partial charge in [-0.25, -0.2) is 8.42 Å². The van der Waals surface area contributed by atoms with Crippen LogP contribution in [0.1, 0.15) is 30.9 Å². The van der Waals surface area contributed by atoms with Gasteiger partial charge in [0.2, 0.25) is 5.91 Å². The predicted octanol–water partition coefficient (Wildman–Crippen LogP) is 2.88. The molecule has 2 aromatic carbocycles. The number of methoxy groups -OCH3 is 2. The molecule has 2 fully saturated rings. The summed E-state index contributed by atoms with van der Waals surface area (Å²) >= 11 is 0. The lowest BCUT2D eigenvalue weighted by atomic mass is 9.99. The van der Waals surface area contributed by atoms with Crippen LogP contribution in [0.3, 0.4) is 0 Å². The maximum atomic E-state index is 13.2. The van der Waals surface area contributed by atoms with Crippen molar-refractivity contribution in [1.29, 1.82) is 0 Å². The molecule has 33 heavy (non-hydrogen) atoms. The van der Waals surface area contributed by atoms with Crippen molar-refractivity contribution >= 4 is 21.4 Å². The molecule has 0 unspecified atom stereocenters. The molecular weight excluding hydrogens is 440 g/mol. The van der Waals surface area contributed by atoms with Crippen molar-refractivity contribution in [3.8, 4) is 11.5 Å². The third-order valence-electron chi connectivity index (χ3n) is 6.67. The summed E-state index contributed by atoms with van der Waals surface area (Å²) in [6.07, 6.45) is 0.681. The fraction of sp³-hybridized carbons (Fsp3) is 0.480. The largest absolute Gasteiger partial charge is 0.493 e. The molecule has 2 heterocycles. The van der Waals surface area contributed by atoms with E-state index in [0.29, 0.717) is 30.4 Å². The number of hydrogen-bond acceptors (Lipinski definition) is 6. The van der Waals surface area contributed by atoms with Crippen LogP contribution in [0.25, 0.3) is 0 Å². The second kappa shape index (κ2) is 9.35. The molecule has 2 saturated heterocycles. The van der Waals surface area contributed by atoms with Crippen LogP contribution in [0, 0.1) is 0 Å². The number of ether oxygens (including phenoxy) is 2. The Hall–Kier alpha value is -2.58. The zero-order valence-electron chi connectivity index (χ0n) is 19.7. The van der Waals surface area contributed by atoms with E-state index in [1.165, 1.54) is 5.56 Å². The van der Waals surface area contributed by atoms with E-state index in [0.717, 1.165) is 11.3 Å². The van der Waals surface area contributed by atoms with Crippen molar-refractivity contribution in [3.63, 3.8) is 0 Å². The average molecular weight is 473 g/mol. The van der Waals surface area contributed by atoms with E-state index in [2.05, 4.69) is 13.8 Å². The number of fused-ring (bicyclic) bond motifs is 1. The van der Waals surface area contributed by atoms with Crippen LogP contribution in [0.5, 0.6) is 11.5 Å². The lowest BCUT2D eigenvalue weighted by molar-refractivity contribution is -0.123. The van der Waals surface area contributed by atoms with E-state index >= 15 is 0 Å². The van der Waals surface area contributed by atoms with Crippen LogP contribution in [-0.4, -0.2) is 70.1 Å². The summed E-state index contributed by atoms with van der Waals surface area (Å²) in [4.78, 5) is 17.0. The molecule has 4 rings (SSSR count). The molecule has 1 amide bonds. The van der Waals surface area contributed by atoms with E-state index in [1.54, 1.807) is 19.1 Å². The zero-order valence-corrected chi connectivity index (χ0v) is 20.5. The highest BCUT2D eigenvalue weighted by molar-refractivity contribution is 7.91. The molecule has 7 nitrogen and oxygen atoms in total. The van der Waals surface area contributed by atoms with E-state index < -0.39 is 9.84 Å². The lowest BCUT2D eigenvalue weighted by Crippen LogP contribution is -2.62. The maximum Gasteiger partial charge on any atom is 0.241 e. The zero-order chi connectivity index (χ0) is 23.8. The van der Waals surface area contributed by atoms with Crippen molar-refractivity contribution in [3.05, 3.63) is 53.6 Å². The van der Waals surface area contributed by atoms with Crippen LogP contribution >= 0.6 is 0 Å². The van der Waals surface area contributed by atoms with E-state index in [1.807, 2.05) is 47.4 Å². The van der Waals surface area contributed by atoms with Crippen LogP contribution < -0.4 is 14.4 Å². The van der Waals surface area contributed by atoms with Gasteiger partial charge in [0.25, 0.3) is 0 Å². The van der Waals surface area contributed by atoms with Crippen molar-refractivity contribution in [2.75, 3.05) is 43.7 Å². The smallest absolute Gasteiger partial charge is 0.241 e. The summed E-state index contributed by atoms with van der Waals surface area (Å²) in [6, 6.07) is 13.1. The number of benzene rings is 2. The first-order valence-corrected chi connectivity index (χ1v) is 13.1. The number of nitrogens with zero attached hydrogens (tertiary/aromatic N) is 2. The Morgan fingerprint density at radius 3 is 2.27 bits per heavy atom. The number of carbonyl (C=O) groups is 1. The predicted molar refractivity (Wildman–Crippen MR) is 129 cm³/mol. The molecule has 2 atom stereocenters. The number of amides is 1. The first-order chi connectivity index (χ1) is 15.7. The highest BCUT2D eigenvalue weighted by Gasteiger charge is 2.49. The second-order valence-corrected chi connectivity index (χ2v) is 11.3. The molecule has 0 spiro atoms. The summed E-state index contributed by atoms with van der Waals surface area (Å²) in [5.41, 5.74) is 3.01. The number of sulfone groups is 1. The number of hydrogen-bond donors (Lipinski definition) is 0. The first kappa shape index (κ1) is 23.6. The Balaban J connectivity index is 1.55. The summed E-state index contributed by atoms with van der Waals surface area (Å²) < 4.78 is 35.9. The minimum Gasteiger partial charge on any atom is -0.493 e. The fourth-order valence-electron chi connectivity index (χ4n) is 4.87. The number of piperazine rings is 1. The Bertz CT molecular complexity index is 1110. The quantitative estimate of drug-likeness (QED) is 0.617. The summed E-state index contributed by atoms with van der Waals surface area (Å²) in [5.74, 6) is 1.73. The molecule has 2 aliphatic rings. The van der Waals surface area contributed by atoms with Crippen LogP contribution in [0.4, 0.5) is 5.69 Å². The molecule has 0 N–H and O–H groups in total. The second-order valence-electron chi connectivity index (χ2n) is 9.13. The summed E-state index contributed by atoms with van der Waals surface area (Å²) in [6.45, 7) is 5.04. The van der Waals surface area contributed by atoms with Crippen molar-refractivity contribution in [1.82, 2.24) is 4.90 Å². The Morgan fingerprint density at radius 2 is 1.64 bits per heavy atom. The Kier molecular flexibility index (Phi) is 6.68. The van der Waals surface area contributed by atoms with Crippen LogP contribution in [-0.2, 0) is 21.1 Å². The molecule has 0 bridgehead atoms. The fourth-order valence-corrected chi connectivity index (χ4v) is 6.85. The highest BCUT2D eigenvalue weighted by atomic mass is 32.2. The average Bonchev–Trinajstić information content (AvgIpc) is 3.12. The lowest BCUT2D eigenvalue weighted by Gasteiger charge is -2.43. The van der Waals surface area contributed by atoms with Gasteiger partial charge in [-0.05, 0) is 47.7 Å².